The molecule has 0 bridgehead atoms. The third kappa shape index (κ3) is 3.67. The third-order valence-electron chi connectivity index (χ3n) is 3.24. The first-order valence-corrected chi connectivity index (χ1v) is 6.74. The van der Waals surface area contributed by atoms with Crippen molar-refractivity contribution in [3.05, 3.63) is 53.6 Å². The van der Waals surface area contributed by atoms with E-state index < -0.39 is 0 Å². The Kier molecular flexibility index (Phi) is 4.88. The number of nitrogens with one attached hydrogen (secondary N) is 1. The summed E-state index contributed by atoms with van der Waals surface area (Å²) in [6.45, 7) is 2.94. The molecule has 0 aliphatic carbocycles. The second kappa shape index (κ2) is 6.85. The van der Waals surface area contributed by atoms with E-state index in [1.807, 2.05) is 24.3 Å². The SMILES string of the molecule is COc1ccc(CCNc2cc(C)ccc2OC)cc1. The molecule has 106 valence electrons. The van der Waals surface area contributed by atoms with Crippen LogP contribution in [0.25, 0.3) is 0 Å². The van der Waals surface area contributed by atoms with Crippen molar-refractivity contribution in [2.24, 2.45) is 0 Å². The van der Waals surface area contributed by atoms with E-state index in [1.165, 1.54) is 11.1 Å². The molecule has 0 aromatic heterocycles. The standard InChI is InChI=1S/C17H21NO2/c1-13-4-9-17(20-3)16(12-13)18-11-10-14-5-7-15(19-2)8-6-14/h4-9,12,18H,10-11H2,1-3H3. The smallest absolute Gasteiger partial charge is 0.141 e. The lowest BCUT2D eigenvalue weighted by atomic mass is 10.1. The van der Waals surface area contributed by atoms with E-state index in [-0.39, 0.29) is 0 Å². The molecule has 2 rings (SSSR count). The molecule has 0 aliphatic rings. The Morgan fingerprint density at radius 2 is 1.70 bits per heavy atom. The highest BCUT2D eigenvalue weighted by Crippen LogP contribution is 2.25. The van der Waals surface area contributed by atoms with Crippen LogP contribution in [0.2, 0.25) is 0 Å². The Bertz CT molecular complexity index is 549. The van der Waals surface area contributed by atoms with Gasteiger partial charge < -0.3 is 14.8 Å². The molecule has 0 atom stereocenters. The largest absolute Gasteiger partial charge is 0.497 e. The van der Waals surface area contributed by atoms with Crippen molar-refractivity contribution >= 4 is 5.69 Å². The van der Waals surface area contributed by atoms with Gasteiger partial charge in [-0.15, -0.1) is 0 Å². The minimum absolute atomic E-state index is 0.867. The molecular weight excluding hydrogens is 250 g/mol. The predicted molar refractivity (Wildman–Crippen MR) is 82.9 cm³/mol. The van der Waals surface area contributed by atoms with E-state index >= 15 is 0 Å². The Morgan fingerprint density at radius 1 is 0.950 bits per heavy atom. The number of hydrogen-bond acceptors (Lipinski definition) is 3. The van der Waals surface area contributed by atoms with E-state index in [2.05, 4.69) is 30.4 Å². The fourth-order valence-electron chi connectivity index (χ4n) is 2.09. The Morgan fingerprint density at radius 3 is 2.35 bits per heavy atom. The Labute approximate surface area is 120 Å². The maximum absolute atomic E-state index is 5.35. The van der Waals surface area contributed by atoms with Crippen molar-refractivity contribution in [1.29, 1.82) is 0 Å². The Hall–Kier alpha value is -2.16. The first kappa shape index (κ1) is 14.3. The first-order valence-electron chi connectivity index (χ1n) is 6.74. The summed E-state index contributed by atoms with van der Waals surface area (Å²) >= 11 is 0. The van der Waals surface area contributed by atoms with Crippen molar-refractivity contribution in [1.82, 2.24) is 0 Å². The molecule has 0 saturated carbocycles. The lowest BCUT2D eigenvalue weighted by molar-refractivity contribution is 0.414. The maximum atomic E-state index is 5.35. The highest BCUT2D eigenvalue weighted by atomic mass is 16.5. The van der Waals surface area contributed by atoms with E-state index in [0.717, 1.165) is 30.2 Å². The zero-order valence-corrected chi connectivity index (χ0v) is 12.3. The van der Waals surface area contributed by atoms with Gasteiger partial charge in [-0.2, -0.15) is 0 Å². The fraction of sp³-hybridized carbons (Fsp3) is 0.294. The number of hydrogen-bond donors (Lipinski definition) is 1. The molecule has 0 fully saturated rings. The van der Waals surface area contributed by atoms with Crippen LogP contribution in [0.15, 0.2) is 42.5 Å². The minimum atomic E-state index is 0.867. The molecular formula is C17H21NO2. The number of ether oxygens (including phenoxy) is 2. The van der Waals surface area contributed by atoms with Crippen LogP contribution >= 0.6 is 0 Å². The van der Waals surface area contributed by atoms with Gasteiger partial charge in [0.05, 0.1) is 19.9 Å². The summed E-state index contributed by atoms with van der Waals surface area (Å²) in [6, 6.07) is 14.3. The second-order valence-corrected chi connectivity index (χ2v) is 4.73. The summed E-state index contributed by atoms with van der Waals surface area (Å²) in [5.74, 6) is 1.77. The van der Waals surface area contributed by atoms with Gasteiger partial charge in [-0.3, -0.25) is 0 Å². The van der Waals surface area contributed by atoms with Crippen LogP contribution in [0.5, 0.6) is 11.5 Å². The van der Waals surface area contributed by atoms with Gasteiger partial charge in [-0.05, 0) is 48.7 Å². The lowest BCUT2D eigenvalue weighted by Gasteiger charge is -2.12. The first-order chi connectivity index (χ1) is 9.72. The summed E-state index contributed by atoms with van der Waals surface area (Å²) in [5.41, 5.74) is 3.55. The number of rotatable bonds is 6. The van der Waals surface area contributed by atoms with Gasteiger partial charge in [0.2, 0.25) is 0 Å². The molecule has 0 heterocycles. The van der Waals surface area contributed by atoms with Gasteiger partial charge in [-0.1, -0.05) is 18.2 Å². The molecule has 0 amide bonds. The average Bonchev–Trinajstić information content (AvgIpc) is 2.48. The quantitative estimate of drug-likeness (QED) is 0.869. The van der Waals surface area contributed by atoms with Crippen LogP contribution in [-0.2, 0) is 6.42 Å². The van der Waals surface area contributed by atoms with Gasteiger partial charge in [0.1, 0.15) is 11.5 Å². The van der Waals surface area contributed by atoms with Gasteiger partial charge in [0.15, 0.2) is 0 Å². The summed E-state index contributed by atoms with van der Waals surface area (Å²) in [5, 5.41) is 3.43. The van der Waals surface area contributed by atoms with Gasteiger partial charge >= 0.3 is 0 Å². The van der Waals surface area contributed by atoms with Crippen LogP contribution in [0.1, 0.15) is 11.1 Å². The fourth-order valence-corrected chi connectivity index (χ4v) is 2.09. The van der Waals surface area contributed by atoms with Crippen LogP contribution in [0.3, 0.4) is 0 Å². The normalized spacial score (nSPS) is 10.2. The van der Waals surface area contributed by atoms with E-state index in [1.54, 1.807) is 14.2 Å². The molecule has 1 N–H and O–H groups in total. The number of methoxy groups -OCH3 is 2. The molecule has 0 aliphatic heterocycles. The molecule has 0 saturated heterocycles. The van der Waals surface area contributed by atoms with Crippen LogP contribution < -0.4 is 14.8 Å². The molecule has 2 aromatic carbocycles. The monoisotopic (exact) mass is 271 g/mol. The molecule has 3 heteroatoms. The highest BCUT2D eigenvalue weighted by Gasteiger charge is 2.02. The summed E-state index contributed by atoms with van der Waals surface area (Å²) in [7, 11) is 3.37. The van der Waals surface area contributed by atoms with E-state index in [0.29, 0.717) is 0 Å². The molecule has 0 unspecified atom stereocenters. The van der Waals surface area contributed by atoms with Crippen LogP contribution in [0.4, 0.5) is 5.69 Å². The molecule has 0 radical (unpaired) electrons. The van der Waals surface area contributed by atoms with Crippen molar-refractivity contribution in [2.45, 2.75) is 13.3 Å². The molecule has 3 nitrogen and oxygen atoms in total. The van der Waals surface area contributed by atoms with Crippen LogP contribution in [0, 0.1) is 6.92 Å². The van der Waals surface area contributed by atoms with Crippen molar-refractivity contribution in [3.8, 4) is 11.5 Å². The third-order valence-corrected chi connectivity index (χ3v) is 3.24. The lowest BCUT2D eigenvalue weighted by Crippen LogP contribution is -2.06. The number of aryl methyl sites for hydroxylation is 1. The highest BCUT2D eigenvalue weighted by molar-refractivity contribution is 5.58. The van der Waals surface area contributed by atoms with Crippen molar-refractivity contribution < 1.29 is 9.47 Å². The van der Waals surface area contributed by atoms with Gasteiger partial charge in [-0.25, -0.2) is 0 Å². The van der Waals surface area contributed by atoms with Crippen LogP contribution in [-0.4, -0.2) is 20.8 Å². The molecule has 20 heavy (non-hydrogen) atoms. The van der Waals surface area contributed by atoms with Crippen molar-refractivity contribution in [3.63, 3.8) is 0 Å². The summed E-state index contributed by atoms with van der Waals surface area (Å²) < 4.78 is 10.5. The molecule has 2 aromatic rings. The Balaban J connectivity index is 1.93. The number of benzene rings is 2. The van der Waals surface area contributed by atoms with Gasteiger partial charge in [0, 0.05) is 6.54 Å². The van der Waals surface area contributed by atoms with E-state index in [4.69, 9.17) is 9.47 Å². The second-order valence-electron chi connectivity index (χ2n) is 4.73. The van der Waals surface area contributed by atoms with Gasteiger partial charge in [0.25, 0.3) is 0 Å². The van der Waals surface area contributed by atoms with Crippen molar-refractivity contribution in [2.75, 3.05) is 26.1 Å². The number of anilines is 1. The predicted octanol–water partition coefficient (Wildman–Crippen LogP) is 3.67. The molecule has 0 spiro atoms. The average molecular weight is 271 g/mol. The topological polar surface area (TPSA) is 30.5 Å². The zero-order chi connectivity index (χ0) is 14.4. The zero-order valence-electron chi connectivity index (χ0n) is 12.3. The summed E-state index contributed by atoms with van der Waals surface area (Å²) in [6.07, 6.45) is 0.959. The van der Waals surface area contributed by atoms with E-state index in [9.17, 15) is 0 Å². The maximum Gasteiger partial charge on any atom is 0.141 e. The summed E-state index contributed by atoms with van der Waals surface area (Å²) in [4.78, 5) is 0. The minimum Gasteiger partial charge on any atom is -0.497 e.